The van der Waals surface area contributed by atoms with Crippen molar-refractivity contribution in [1.29, 1.82) is 0 Å². The summed E-state index contributed by atoms with van der Waals surface area (Å²) in [4.78, 5) is 6.81. The molecule has 21 heavy (non-hydrogen) atoms. The number of aromatic nitrogens is 1. The Kier molecular flexibility index (Phi) is 4.97. The van der Waals surface area contributed by atoms with Crippen molar-refractivity contribution in [3.05, 3.63) is 48.0 Å². The third-order valence-corrected chi connectivity index (χ3v) is 4.24. The molecule has 0 radical (unpaired) electrons. The average molecular weight is 298 g/mol. The van der Waals surface area contributed by atoms with Gasteiger partial charge in [0.2, 0.25) is 0 Å². The predicted octanol–water partition coefficient (Wildman–Crippen LogP) is 5.36. The fraction of sp³-hybridized carbons (Fsp3) is 0.278. The number of fused-ring (bicyclic) bond motifs is 1. The van der Waals surface area contributed by atoms with Gasteiger partial charge in [-0.2, -0.15) is 0 Å². The highest BCUT2D eigenvalue weighted by molar-refractivity contribution is 7.21. The van der Waals surface area contributed by atoms with Gasteiger partial charge in [0.25, 0.3) is 0 Å². The number of rotatable bonds is 2. The van der Waals surface area contributed by atoms with E-state index >= 15 is 0 Å². The standard InChI is InChI=1S/C16H16N2S.C2H6/c1-11-4-9-14-15(10-11)19-16(17-14)12-5-7-13(8-6-12)18(2)3;1-2/h4-10H,1-3H3;1-2H3. The van der Waals surface area contributed by atoms with Crippen molar-refractivity contribution in [3.8, 4) is 10.6 Å². The lowest BCUT2D eigenvalue weighted by molar-refractivity contribution is 1.13. The number of thiazole rings is 1. The number of anilines is 1. The van der Waals surface area contributed by atoms with Crippen molar-refractivity contribution < 1.29 is 0 Å². The van der Waals surface area contributed by atoms with Crippen LogP contribution < -0.4 is 4.90 Å². The van der Waals surface area contributed by atoms with E-state index in [4.69, 9.17) is 4.98 Å². The lowest BCUT2D eigenvalue weighted by atomic mass is 10.2. The van der Waals surface area contributed by atoms with Crippen molar-refractivity contribution in [2.75, 3.05) is 19.0 Å². The van der Waals surface area contributed by atoms with E-state index in [9.17, 15) is 0 Å². The SMILES string of the molecule is CC.Cc1ccc2nc(-c3ccc(N(C)C)cc3)sc2c1. The number of benzene rings is 2. The molecule has 0 aliphatic carbocycles. The predicted molar refractivity (Wildman–Crippen MR) is 95.5 cm³/mol. The van der Waals surface area contributed by atoms with Gasteiger partial charge in [0, 0.05) is 25.3 Å². The van der Waals surface area contributed by atoms with E-state index in [2.05, 4.69) is 68.4 Å². The molecule has 2 nitrogen and oxygen atoms in total. The van der Waals surface area contributed by atoms with E-state index in [1.54, 1.807) is 11.3 Å². The quantitative estimate of drug-likeness (QED) is 0.633. The summed E-state index contributed by atoms with van der Waals surface area (Å²) in [6.45, 7) is 6.12. The normalized spacial score (nSPS) is 10.1. The molecule has 3 heteroatoms. The summed E-state index contributed by atoms with van der Waals surface area (Å²) < 4.78 is 1.26. The van der Waals surface area contributed by atoms with Gasteiger partial charge in [0.05, 0.1) is 10.2 Å². The van der Waals surface area contributed by atoms with Crippen LogP contribution in [-0.4, -0.2) is 19.1 Å². The molecule has 1 heterocycles. The number of hydrogen-bond acceptors (Lipinski definition) is 3. The van der Waals surface area contributed by atoms with Gasteiger partial charge in [-0.3, -0.25) is 0 Å². The van der Waals surface area contributed by atoms with Crippen LogP contribution in [0, 0.1) is 6.92 Å². The second-order valence-corrected chi connectivity index (χ2v) is 5.96. The van der Waals surface area contributed by atoms with Gasteiger partial charge >= 0.3 is 0 Å². The maximum atomic E-state index is 4.70. The van der Waals surface area contributed by atoms with Crippen LogP contribution >= 0.6 is 11.3 Å². The summed E-state index contributed by atoms with van der Waals surface area (Å²) in [7, 11) is 4.10. The maximum absolute atomic E-state index is 4.70. The van der Waals surface area contributed by atoms with E-state index in [0.29, 0.717) is 0 Å². The Morgan fingerprint density at radius 1 is 0.952 bits per heavy atom. The van der Waals surface area contributed by atoms with E-state index < -0.39 is 0 Å². The topological polar surface area (TPSA) is 16.1 Å². The van der Waals surface area contributed by atoms with Crippen LogP contribution in [0.3, 0.4) is 0 Å². The molecule has 1 aromatic heterocycles. The average Bonchev–Trinajstić information content (AvgIpc) is 2.92. The van der Waals surface area contributed by atoms with Gasteiger partial charge in [0.15, 0.2) is 0 Å². The third kappa shape index (κ3) is 3.42. The Morgan fingerprint density at radius 2 is 1.62 bits per heavy atom. The molecule has 3 aromatic rings. The molecule has 0 aliphatic heterocycles. The summed E-state index contributed by atoms with van der Waals surface area (Å²) in [5.41, 5.74) is 4.76. The Bertz CT molecular complexity index is 712. The second-order valence-electron chi connectivity index (χ2n) is 4.93. The molecule has 0 saturated heterocycles. The van der Waals surface area contributed by atoms with Crippen LogP contribution in [0.15, 0.2) is 42.5 Å². The van der Waals surface area contributed by atoms with Crippen molar-refractivity contribution in [2.45, 2.75) is 20.8 Å². The monoisotopic (exact) mass is 298 g/mol. The van der Waals surface area contributed by atoms with Crippen molar-refractivity contribution in [2.24, 2.45) is 0 Å². The van der Waals surface area contributed by atoms with Crippen molar-refractivity contribution in [1.82, 2.24) is 4.98 Å². The Morgan fingerprint density at radius 3 is 2.24 bits per heavy atom. The van der Waals surface area contributed by atoms with E-state index in [0.717, 1.165) is 10.5 Å². The van der Waals surface area contributed by atoms with Gasteiger partial charge in [0.1, 0.15) is 5.01 Å². The molecule has 0 atom stereocenters. The minimum Gasteiger partial charge on any atom is -0.378 e. The molecule has 0 N–H and O–H groups in total. The van der Waals surface area contributed by atoms with Gasteiger partial charge in [-0.15, -0.1) is 11.3 Å². The smallest absolute Gasteiger partial charge is 0.124 e. The summed E-state index contributed by atoms with van der Waals surface area (Å²) in [5, 5.41) is 1.09. The van der Waals surface area contributed by atoms with Crippen molar-refractivity contribution in [3.63, 3.8) is 0 Å². The Labute approximate surface area is 131 Å². The van der Waals surface area contributed by atoms with E-state index in [-0.39, 0.29) is 0 Å². The molecule has 3 rings (SSSR count). The molecule has 0 bridgehead atoms. The van der Waals surface area contributed by atoms with Gasteiger partial charge in [-0.1, -0.05) is 19.9 Å². The first-order valence-electron chi connectivity index (χ1n) is 7.28. The first kappa shape index (κ1) is 15.5. The molecule has 0 saturated carbocycles. The zero-order valence-corrected chi connectivity index (χ0v) is 14.2. The maximum Gasteiger partial charge on any atom is 0.124 e. The summed E-state index contributed by atoms with van der Waals surface area (Å²) in [5.74, 6) is 0. The second kappa shape index (κ2) is 6.72. The largest absolute Gasteiger partial charge is 0.378 e. The number of aryl methyl sites for hydroxylation is 1. The molecule has 0 spiro atoms. The van der Waals surface area contributed by atoms with Crippen LogP contribution in [0.5, 0.6) is 0 Å². The zero-order valence-electron chi connectivity index (χ0n) is 13.3. The fourth-order valence-corrected chi connectivity index (χ4v) is 3.13. The lowest BCUT2D eigenvalue weighted by Crippen LogP contribution is -2.07. The minimum atomic E-state index is 1.09. The number of nitrogens with zero attached hydrogens (tertiary/aromatic N) is 2. The van der Waals surface area contributed by atoms with Crippen LogP contribution in [0.25, 0.3) is 20.8 Å². The highest BCUT2D eigenvalue weighted by Gasteiger charge is 2.06. The molecule has 110 valence electrons. The molecule has 2 aromatic carbocycles. The summed E-state index contributed by atoms with van der Waals surface area (Å²) >= 11 is 1.75. The van der Waals surface area contributed by atoms with Gasteiger partial charge in [-0.25, -0.2) is 4.98 Å². The molecular weight excluding hydrogens is 276 g/mol. The van der Waals surface area contributed by atoms with Crippen LogP contribution in [-0.2, 0) is 0 Å². The minimum absolute atomic E-state index is 1.09. The number of hydrogen-bond donors (Lipinski definition) is 0. The van der Waals surface area contributed by atoms with E-state index in [1.807, 2.05) is 13.8 Å². The van der Waals surface area contributed by atoms with Crippen molar-refractivity contribution >= 4 is 27.2 Å². The highest BCUT2D eigenvalue weighted by Crippen LogP contribution is 2.31. The first-order chi connectivity index (χ1) is 10.1. The third-order valence-electron chi connectivity index (χ3n) is 3.17. The Hall–Kier alpha value is -1.87. The molecular formula is C18H22N2S. The Balaban J connectivity index is 0.000000774. The summed E-state index contributed by atoms with van der Waals surface area (Å²) in [6.07, 6.45) is 0. The molecule has 0 fully saturated rings. The first-order valence-corrected chi connectivity index (χ1v) is 8.10. The zero-order chi connectivity index (χ0) is 15.4. The lowest BCUT2D eigenvalue weighted by Gasteiger charge is -2.11. The molecule has 0 aliphatic rings. The van der Waals surface area contributed by atoms with Crippen LogP contribution in [0.1, 0.15) is 19.4 Å². The molecule has 0 unspecified atom stereocenters. The van der Waals surface area contributed by atoms with Crippen LogP contribution in [0.2, 0.25) is 0 Å². The van der Waals surface area contributed by atoms with Crippen LogP contribution in [0.4, 0.5) is 5.69 Å². The van der Waals surface area contributed by atoms with Gasteiger partial charge in [-0.05, 0) is 48.9 Å². The molecule has 0 amide bonds. The summed E-state index contributed by atoms with van der Waals surface area (Å²) in [6, 6.07) is 14.9. The highest BCUT2D eigenvalue weighted by atomic mass is 32.1. The fourth-order valence-electron chi connectivity index (χ4n) is 2.06. The van der Waals surface area contributed by atoms with Gasteiger partial charge < -0.3 is 4.90 Å². The van der Waals surface area contributed by atoms with E-state index in [1.165, 1.54) is 21.5 Å².